The maximum absolute atomic E-state index is 14.2. The molecule has 0 aliphatic heterocycles. The molecule has 0 fully saturated rings. The molecule has 0 aliphatic rings. The molecule has 23 heavy (non-hydrogen) atoms. The lowest BCUT2D eigenvalue weighted by Gasteiger charge is -2.16. The lowest BCUT2D eigenvalue weighted by Crippen LogP contribution is -2.15. The summed E-state index contributed by atoms with van der Waals surface area (Å²) in [6, 6.07) is 2.86. The van der Waals surface area contributed by atoms with Gasteiger partial charge in [0.15, 0.2) is 0 Å². The zero-order chi connectivity index (χ0) is 16.8. The molecule has 1 N–H and O–H groups in total. The van der Waals surface area contributed by atoms with E-state index in [4.69, 9.17) is 9.47 Å². The van der Waals surface area contributed by atoms with Gasteiger partial charge in [-0.15, -0.1) is 0 Å². The predicted molar refractivity (Wildman–Crippen MR) is 87.5 cm³/mol. The van der Waals surface area contributed by atoms with E-state index in [2.05, 4.69) is 16.9 Å². The van der Waals surface area contributed by atoms with Crippen molar-refractivity contribution in [2.45, 2.75) is 33.1 Å². The van der Waals surface area contributed by atoms with Crippen LogP contribution >= 0.6 is 0 Å². The van der Waals surface area contributed by atoms with Crippen molar-refractivity contribution in [1.29, 1.82) is 0 Å². The number of fused-ring (bicyclic) bond motifs is 1. The SMILES string of the molecule is CCc1nc2cc(OCC(CC)CCOC)cc(F)c2c(=O)[nH]1. The first-order valence-corrected chi connectivity index (χ1v) is 7.93. The number of ether oxygens (including phenoxy) is 2. The number of halogens is 1. The quantitative estimate of drug-likeness (QED) is 0.811. The highest BCUT2D eigenvalue weighted by Gasteiger charge is 2.13. The van der Waals surface area contributed by atoms with E-state index >= 15 is 0 Å². The fraction of sp³-hybridized carbons (Fsp3) is 0.529. The molecule has 1 aromatic carbocycles. The molecule has 0 aliphatic carbocycles. The van der Waals surface area contributed by atoms with Gasteiger partial charge in [-0.2, -0.15) is 0 Å². The van der Waals surface area contributed by atoms with Gasteiger partial charge in [-0.3, -0.25) is 4.79 Å². The van der Waals surface area contributed by atoms with Crippen LogP contribution in [-0.2, 0) is 11.2 Å². The normalized spacial score (nSPS) is 12.5. The van der Waals surface area contributed by atoms with Crippen LogP contribution in [0.5, 0.6) is 5.75 Å². The van der Waals surface area contributed by atoms with Crippen LogP contribution in [0.25, 0.3) is 10.9 Å². The summed E-state index contributed by atoms with van der Waals surface area (Å²) in [5.74, 6) is 0.655. The molecule has 0 radical (unpaired) electrons. The van der Waals surface area contributed by atoms with Crippen LogP contribution in [0.4, 0.5) is 4.39 Å². The molecule has 1 unspecified atom stereocenters. The van der Waals surface area contributed by atoms with Crippen molar-refractivity contribution in [2.24, 2.45) is 5.92 Å². The molecule has 2 rings (SSSR count). The van der Waals surface area contributed by atoms with Gasteiger partial charge in [0.2, 0.25) is 0 Å². The minimum Gasteiger partial charge on any atom is -0.493 e. The number of nitrogens with one attached hydrogen (secondary N) is 1. The Morgan fingerprint density at radius 3 is 2.78 bits per heavy atom. The van der Waals surface area contributed by atoms with Crippen molar-refractivity contribution < 1.29 is 13.9 Å². The van der Waals surface area contributed by atoms with E-state index in [1.165, 1.54) is 6.07 Å². The molecule has 1 heterocycles. The average Bonchev–Trinajstić information content (AvgIpc) is 2.54. The minimum absolute atomic E-state index is 0.0269. The third-order valence-electron chi connectivity index (χ3n) is 3.91. The van der Waals surface area contributed by atoms with Crippen molar-refractivity contribution >= 4 is 10.9 Å². The Hall–Kier alpha value is -1.95. The van der Waals surface area contributed by atoms with Gasteiger partial charge in [0.1, 0.15) is 22.8 Å². The molecule has 0 spiro atoms. The van der Waals surface area contributed by atoms with E-state index in [1.807, 2.05) is 6.92 Å². The summed E-state index contributed by atoms with van der Waals surface area (Å²) in [7, 11) is 1.67. The summed E-state index contributed by atoms with van der Waals surface area (Å²) in [6.07, 6.45) is 2.42. The van der Waals surface area contributed by atoms with Gasteiger partial charge in [-0.25, -0.2) is 9.37 Å². The Balaban J connectivity index is 2.23. The summed E-state index contributed by atoms with van der Waals surface area (Å²) >= 11 is 0. The third kappa shape index (κ3) is 4.28. The second-order valence-electron chi connectivity index (χ2n) is 5.53. The number of benzene rings is 1. The smallest absolute Gasteiger partial charge is 0.261 e. The number of hydrogen-bond donors (Lipinski definition) is 1. The number of aryl methyl sites for hydroxylation is 1. The highest BCUT2D eigenvalue weighted by atomic mass is 19.1. The predicted octanol–water partition coefficient (Wildman–Crippen LogP) is 3.07. The van der Waals surface area contributed by atoms with Crippen molar-refractivity contribution in [3.05, 3.63) is 34.1 Å². The zero-order valence-corrected chi connectivity index (χ0v) is 13.8. The Morgan fingerprint density at radius 2 is 2.13 bits per heavy atom. The molecule has 0 saturated heterocycles. The first-order chi connectivity index (χ1) is 11.1. The fourth-order valence-corrected chi connectivity index (χ4v) is 2.40. The molecular weight excluding hydrogens is 299 g/mol. The van der Waals surface area contributed by atoms with E-state index in [0.29, 0.717) is 42.6 Å². The third-order valence-corrected chi connectivity index (χ3v) is 3.91. The molecule has 0 bridgehead atoms. The van der Waals surface area contributed by atoms with Crippen LogP contribution in [0.15, 0.2) is 16.9 Å². The monoisotopic (exact) mass is 322 g/mol. The standard InChI is InChI=1S/C17H23FN2O3/c1-4-11(6-7-22-3)10-23-12-8-13(18)16-14(9-12)19-15(5-2)20-17(16)21/h8-9,11H,4-7,10H2,1-3H3,(H,19,20,21). The molecule has 5 nitrogen and oxygen atoms in total. The van der Waals surface area contributed by atoms with Gasteiger partial charge in [-0.05, 0) is 18.8 Å². The van der Waals surface area contributed by atoms with Crippen LogP contribution in [0.2, 0.25) is 0 Å². The maximum atomic E-state index is 14.2. The van der Waals surface area contributed by atoms with E-state index in [1.54, 1.807) is 13.2 Å². The molecule has 126 valence electrons. The van der Waals surface area contributed by atoms with Crippen molar-refractivity contribution in [3.8, 4) is 5.75 Å². The Bertz CT molecular complexity index is 715. The lowest BCUT2D eigenvalue weighted by molar-refractivity contribution is 0.153. The molecule has 1 atom stereocenters. The van der Waals surface area contributed by atoms with Gasteiger partial charge >= 0.3 is 0 Å². The highest BCUT2D eigenvalue weighted by Crippen LogP contribution is 2.22. The van der Waals surface area contributed by atoms with Gasteiger partial charge in [0.25, 0.3) is 5.56 Å². The summed E-state index contributed by atoms with van der Waals surface area (Å²) < 4.78 is 25.0. The first kappa shape index (κ1) is 17.4. The number of methoxy groups -OCH3 is 1. The molecular formula is C17H23FN2O3. The van der Waals surface area contributed by atoms with Crippen LogP contribution in [0.3, 0.4) is 0 Å². The van der Waals surface area contributed by atoms with Gasteiger partial charge in [0, 0.05) is 32.3 Å². The van der Waals surface area contributed by atoms with Crippen LogP contribution in [-0.4, -0.2) is 30.3 Å². The first-order valence-electron chi connectivity index (χ1n) is 7.93. The minimum atomic E-state index is -0.612. The zero-order valence-electron chi connectivity index (χ0n) is 13.8. The van der Waals surface area contributed by atoms with Crippen LogP contribution in [0.1, 0.15) is 32.5 Å². The molecule has 0 amide bonds. The summed E-state index contributed by atoms with van der Waals surface area (Å²) in [6.45, 7) is 5.11. The number of hydrogen-bond acceptors (Lipinski definition) is 4. The van der Waals surface area contributed by atoms with Crippen molar-refractivity contribution in [1.82, 2.24) is 9.97 Å². The van der Waals surface area contributed by atoms with E-state index in [-0.39, 0.29) is 5.39 Å². The van der Waals surface area contributed by atoms with Gasteiger partial charge in [-0.1, -0.05) is 13.8 Å². The summed E-state index contributed by atoms with van der Waals surface area (Å²) in [5.41, 5.74) is -0.132. The van der Waals surface area contributed by atoms with Gasteiger partial charge in [0.05, 0.1) is 12.1 Å². The van der Waals surface area contributed by atoms with E-state index in [9.17, 15) is 9.18 Å². The number of rotatable bonds is 8. The van der Waals surface area contributed by atoms with Crippen molar-refractivity contribution in [2.75, 3.05) is 20.3 Å². The Labute approximate surface area is 134 Å². The average molecular weight is 322 g/mol. The Morgan fingerprint density at radius 1 is 1.35 bits per heavy atom. The molecule has 6 heteroatoms. The molecule has 2 aromatic rings. The second kappa shape index (κ2) is 8.06. The highest BCUT2D eigenvalue weighted by molar-refractivity contribution is 5.79. The number of aromatic nitrogens is 2. The lowest BCUT2D eigenvalue weighted by atomic mass is 10.0. The number of nitrogens with zero attached hydrogens (tertiary/aromatic N) is 1. The number of aromatic amines is 1. The summed E-state index contributed by atoms with van der Waals surface area (Å²) in [4.78, 5) is 18.8. The van der Waals surface area contributed by atoms with Crippen molar-refractivity contribution in [3.63, 3.8) is 0 Å². The summed E-state index contributed by atoms with van der Waals surface area (Å²) in [5, 5.41) is -0.0269. The van der Waals surface area contributed by atoms with Crippen LogP contribution < -0.4 is 10.3 Å². The fourth-order valence-electron chi connectivity index (χ4n) is 2.40. The second-order valence-corrected chi connectivity index (χ2v) is 5.53. The number of H-pyrrole nitrogens is 1. The topological polar surface area (TPSA) is 64.2 Å². The van der Waals surface area contributed by atoms with E-state index < -0.39 is 11.4 Å². The van der Waals surface area contributed by atoms with E-state index in [0.717, 1.165) is 12.8 Å². The maximum Gasteiger partial charge on any atom is 0.261 e. The Kier molecular flexibility index (Phi) is 6.10. The molecule has 1 aromatic heterocycles. The largest absolute Gasteiger partial charge is 0.493 e. The van der Waals surface area contributed by atoms with Gasteiger partial charge < -0.3 is 14.5 Å². The van der Waals surface area contributed by atoms with Crippen LogP contribution in [0, 0.1) is 11.7 Å². The molecule has 0 saturated carbocycles.